The second-order valence-electron chi connectivity index (χ2n) is 5.59. The van der Waals surface area contributed by atoms with Crippen LogP contribution in [0.3, 0.4) is 0 Å². The fourth-order valence-electron chi connectivity index (χ4n) is 2.30. The van der Waals surface area contributed by atoms with Gasteiger partial charge < -0.3 is 10.1 Å². The molecule has 3 rings (SSSR count). The number of halogens is 1. The minimum Gasteiger partial charge on any atom is -0.486 e. The van der Waals surface area contributed by atoms with Gasteiger partial charge in [-0.2, -0.15) is 0 Å². The molecule has 0 radical (unpaired) electrons. The quantitative estimate of drug-likeness (QED) is 0.719. The summed E-state index contributed by atoms with van der Waals surface area (Å²) in [5, 5.41) is 3.47. The molecular formula is C19H17FN2O2S. The van der Waals surface area contributed by atoms with E-state index in [4.69, 9.17) is 4.74 Å². The number of hydrogen-bond donors (Lipinski definition) is 1. The Hall–Kier alpha value is -2.73. The highest BCUT2D eigenvalue weighted by molar-refractivity contribution is 7.13. The Balaban J connectivity index is 1.67. The third kappa shape index (κ3) is 4.42. The standard InChI is InChI=1S/C19H17FN2O2S/c1-12-4-3-5-16(10-12)24-11-17-21-13(2)18(25-17)19(23)22-15-8-6-14(20)7-9-15/h3-10H,11H2,1-2H3,(H,22,23). The van der Waals surface area contributed by atoms with Crippen molar-refractivity contribution in [2.75, 3.05) is 5.32 Å². The van der Waals surface area contributed by atoms with Crippen LogP contribution in [0.15, 0.2) is 48.5 Å². The second-order valence-corrected chi connectivity index (χ2v) is 6.67. The molecule has 0 spiro atoms. The molecule has 0 fully saturated rings. The Labute approximate surface area is 149 Å². The fraction of sp³-hybridized carbons (Fsp3) is 0.158. The Morgan fingerprint density at radius 2 is 1.96 bits per heavy atom. The number of nitrogens with one attached hydrogen (secondary N) is 1. The number of ether oxygens (including phenoxy) is 1. The van der Waals surface area contributed by atoms with Crippen molar-refractivity contribution in [3.63, 3.8) is 0 Å². The molecule has 0 bridgehead atoms. The predicted molar refractivity (Wildman–Crippen MR) is 96.7 cm³/mol. The second kappa shape index (κ2) is 7.44. The molecule has 6 heteroatoms. The maximum absolute atomic E-state index is 12.9. The summed E-state index contributed by atoms with van der Waals surface area (Å²) >= 11 is 1.29. The minimum absolute atomic E-state index is 0.261. The largest absolute Gasteiger partial charge is 0.486 e. The van der Waals surface area contributed by atoms with Gasteiger partial charge in [0, 0.05) is 5.69 Å². The smallest absolute Gasteiger partial charge is 0.267 e. The van der Waals surface area contributed by atoms with E-state index in [1.165, 1.54) is 35.6 Å². The summed E-state index contributed by atoms with van der Waals surface area (Å²) in [4.78, 5) is 17.3. The van der Waals surface area contributed by atoms with Gasteiger partial charge in [0.25, 0.3) is 5.91 Å². The lowest BCUT2D eigenvalue weighted by Crippen LogP contribution is -2.11. The van der Waals surface area contributed by atoms with Gasteiger partial charge in [-0.3, -0.25) is 4.79 Å². The van der Waals surface area contributed by atoms with Crippen molar-refractivity contribution in [1.82, 2.24) is 4.98 Å². The molecular weight excluding hydrogens is 339 g/mol. The van der Waals surface area contributed by atoms with Gasteiger partial charge in [0.1, 0.15) is 28.1 Å². The van der Waals surface area contributed by atoms with Crippen molar-refractivity contribution < 1.29 is 13.9 Å². The Morgan fingerprint density at radius 1 is 1.20 bits per heavy atom. The van der Waals surface area contributed by atoms with Gasteiger partial charge in [0.15, 0.2) is 0 Å². The molecule has 1 aromatic heterocycles. The first-order chi connectivity index (χ1) is 12.0. The molecule has 0 saturated carbocycles. The van der Waals surface area contributed by atoms with Crippen LogP contribution in [-0.4, -0.2) is 10.9 Å². The van der Waals surface area contributed by atoms with Crippen LogP contribution in [0.4, 0.5) is 10.1 Å². The summed E-state index contributed by atoms with van der Waals surface area (Å²) in [6.07, 6.45) is 0. The summed E-state index contributed by atoms with van der Waals surface area (Å²) in [5.74, 6) is 0.163. The molecule has 0 saturated heterocycles. The number of amides is 1. The summed E-state index contributed by atoms with van der Waals surface area (Å²) in [5.41, 5.74) is 2.30. The molecule has 0 aliphatic heterocycles. The average Bonchev–Trinajstić information content (AvgIpc) is 2.96. The zero-order chi connectivity index (χ0) is 17.8. The monoisotopic (exact) mass is 356 g/mol. The van der Waals surface area contributed by atoms with Crippen molar-refractivity contribution in [3.05, 3.63) is 75.5 Å². The van der Waals surface area contributed by atoms with Gasteiger partial charge in [-0.15, -0.1) is 11.3 Å². The summed E-state index contributed by atoms with van der Waals surface area (Å²) in [7, 11) is 0. The average molecular weight is 356 g/mol. The number of aromatic nitrogens is 1. The van der Waals surface area contributed by atoms with Crippen LogP contribution in [0.1, 0.15) is 25.9 Å². The highest BCUT2D eigenvalue weighted by Gasteiger charge is 2.16. The fourth-order valence-corrected chi connectivity index (χ4v) is 3.17. The first-order valence-corrected chi connectivity index (χ1v) is 8.55. The van der Waals surface area contributed by atoms with Crippen LogP contribution in [-0.2, 0) is 6.61 Å². The molecule has 0 unspecified atom stereocenters. The van der Waals surface area contributed by atoms with Crippen molar-refractivity contribution in [2.45, 2.75) is 20.5 Å². The third-order valence-electron chi connectivity index (χ3n) is 3.50. The summed E-state index contributed by atoms with van der Waals surface area (Å²) in [6, 6.07) is 13.4. The van der Waals surface area contributed by atoms with Gasteiger partial charge in [-0.25, -0.2) is 9.37 Å². The zero-order valence-electron chi connectivity index (χ0n) is 13.9. The molecule has 0 atom stereocenters. The lowest BCUT2D eigenvalue weighted by Gasteiger charge is -2.04. The SMILES string of the molecule is Cc1cccc(OCc2nc(C)c(C(=O)Nc3ccc(F)cc3)s2)c1. The lowest BCUT2D eigenvalue weighted by atomic mass is 10.2. The van der Waals surface area contributed by atoms with Crippen molar-refractivity contribution in [2.24, 2.45) is 0 Å². The minimum atomic E-state index is -0.345. The van der Waals surface area contributed by atoms with Crippen LogP contribution in [0, 0.1) is 19.7 Å². The van der Waals surface area contributed by atoms with Crippen LogP contribution in [0.5, 0.6) is 5.75 Å². The van der Waals surface area contributed by atoms with E-state index in [1.807, 2.05) is 31.2 Å². The van der Waals surface area contributed by atoms with Gasteiger partial charge in [0.2, 0.25) is 0 Å². The Morgan fingerprint density at radius 3 is 2.68 bits per heavy atom. The number of benzene rings is 2. The van der Waals surface area contributed by atoms with E-state index < -0.39 is 0 Å². The number of carbonyl (C=O) groups excluding carboxylic acids is 1. The van der Waals surface area contributed by atoms with E-state index in [0.29, 0.717) is 22.9 Å². The van der Waals surface area contributed by atoms with Crippen molar-refractivity contribution in [3.8, 4) is 5.75 Å². The molecule has 0 aliphatic carbocycles. The maximum atomic E-state index is 12.9. The number of aryl methyl sites for hydroxylation is 2. The van der Waals surface area contributed by atoms with Crippen molar-refractivity contribution >= 4 is 22.9 Å². The molecule has 3 aromatic rings. The lowest BCUT2D eigenvalue weighted by molar-refractivity contribution is 0.103. The number of nitrogens with zero attached hydrogens (tertiary/aromatic N) is 1. The molecule has 4 nitrogen and oxygen atoms in total. The van der Waals surface area contributed by atoms with E-state index in [2.05, 4.69) is 10.3 Å². The molecule has 1 N–H and O–H groups in total. The Kier molecular flexibility index (Phi) is 5.09. The topological polar surface area (TPSA) is 51.2 Å². The zero-order valence-corrected chi connectivity index (χ0v) is 14.7. The summed E-state index contributed by atoms with van der Waals surface area (Å²) < 4.78 is 18.7. The van der Waals surface area contributed by atoms with Gasteiger partial charge in [-0.05, 0) is 55.8 Å². The van der Waals surface area contributed by atoms with Gasteiger partial charge in [-0.1, -0.05) is 12.1 Å². The first kappa shape index (κ1) is 17.1. The number of thiazole rings is 1. The molecule has 128 valence electrons. The predicted octanol–water partition coefficient (Wildman–Crippen LogP) is 4.73. The molecule has 1 heterocycles. The van der Waals surface area contributed by atoms with Crippen molar-refractivity contribution in [1.29, 1.82) is 0 Å². The van der Waals surface area contributed by atoms with Crippen LogP contribution in [0.25, 0.3) is 0 Å². The van der Waals surface area contributed by atoms with Crippen LogP contribution >= 0.6 is 11.3 Å². The number of rotatable bonds is 5. The molecule has 2 aromatic carbocycles. The van der Waals surface area contributed by atoms with E-state index in [1.54, 1.807) is 6.92 Å². The van der Waals surface area contributed by atoms with E-state index in [9.17, 15) is 9.18 Å². The summed E-state index contributed by atoms with van der Waals surface area (Å²) in [6.45, 7) is 4.09. The molecule has 25 heavy (non-hydrogen) atoms. The van der Waals surface area contributed by atoms with E-state index in [-0.39, 0.29) is 11.7 Å². The highest BCUT2D eigenvalue weighted by atomic mass is 32.1. The Bertz CT molecular complexity index is 891. The normalized spacial score (nSPS) is 10.5. The van der Waals surface area contributed by atoms with E-state index >= 15 is 0 Å². The third-order valence-corrected chi connectivity index (χ3v) is 4.63. The first-order valence-electron chi connectivity index (χ1n) is 7.74. The van der Waals surface area contributed by atoms with Gasteiger partial charge in [0.05, 0.1) is 5.69 Å². The maximum Gasteiger partial charge on any atom is 0.267 e. The molecule has 1 amide bonds. The number of hydrogen-bond acceptors (Lipinski definition) is 4. The highest BCUT2D eigenvalue weighted by Crippen LogP contribution is 2.22. The van der Waals surface area contributed by atoms with Crippen LogP contribution < -0.4 is 10.1 Å². The van der Waals surface area contributed by atoms with Crippen LogP contribution in [0.2, 0.25) is 0 Å². The number of anilines is 1. The number of carbonyl (C=O) groups is 1. The van der Waals surface area contributed by atoms with Gasteiger partial charge >= 0.3 is 0 Å². The molecule has 0 aliphatic rings. The van der Waals surface area contributed by atoms with E-state index in [0.717, 1.165) is 16.3 Å².